The molecule has 4 N–H and O–H groups in total. The molecule has 1 spiro atoms. The number of carbonyl (C=O) groups is 1. The monoisotopic (exact) mass is 392 g/mol. The summed E-state index contributed by atoms with van der Waals surface area (Å²) < 4.78 is 5.94. The highest BCUT2D eigenvalue weighted by Crippen LogP contribution is 2.46. The van der Waals surface area contributed by atoms with Crippen molar-refractivity contribution in [1.29, 1.82) is 0 Å². The number of nitrogens with zero attached hydrogens (tertiary/aromatic N) is 1. The summed E-state index contributed by atoms with van der Waals surface area (Å²) in [6.45, 7) is 2.50. The molecule has 0 saturated carbocycles. The van der Waals surface area contributed by atoms with E-state index in [0.717, 1.165) is 29.7 Å². The van der Waals surface area contributed by atoms with Gasteiger partial charge in [0, 0.05) is 36.2 Å². The van der Waals surface area contributed by atoms with Gasteiger partial charge in [0.15, 0.2) is 0 Å². The van der Waals surface area contributed by atoms with Crippen LogP contribution in [0.1, 0.15) is 39.9 Å². The molecule has 1 amide bonds. The normalized spacial score (nSPS) is 17.4. The predicted octanol–water partition coefficient (Wildman–Crippen LogP) is 1.74. The number of nitrogens with two attached hydrogens (primary N) is 1. The first kappa shape index (κ1) is 19.7. The van der Waals surface area contributed by atoms with Gasteiger partial charge in [-0.15, -0.1) is 0 Å². The van der Waals surface area contributed by atoms with Crippen molar-refractivity contribution >= 4 is 19.1 Å². The molecular weight excluding hydrogens is 367 g/mol. The minimum Gasteiger partial charge on any atom is -0.492 e. The molecule has 0 aliphatic carbocycles. The minimum absolute atomic E-state index is 0.00510. The Morgan fingerprint density at radius 1 is 1.21 bits per heavy atom. The summed E-state index contributed by atoms with van der Waals surface area (Å²) in [6, 6.07) is 13.4. The van der Waals surface area contributed by atoms with Crippen molar-refractivity contribution in [3.63, 3.8) is 0 Å². The maximum absolute atomic E-state index is 13.0. The Morgan fingerprint density at radius 2 is 2.00 bits per heavy atom. The van der Waals surface area contributed by atoms with Crippen molar-refractivity contribution in [2.45, 2.75) is 24.8 Å². The quantitative estimate of drug-likeness (QED) is 0.689. The third kappa shape index (κ3) is 3.94. The van der Waals surface area contributed by atoms with Crippen LogP contribution in [-0.2, 0) is 12.0 Å². The smallest absolute Gasteiger partial charge is 0.480 e. The molecule has 2 aromatic carbocycles. The van der Waals surface area contributed by atoms with Crippen molar-refractivity contribution in [2.24, 2.45) is 5.73 Å². The summed E-state index contributed by atoms with van der Waals surface area (Å²) in [5.41, 5.74) is 9.45. The van der Waals surface area contributed by atoms with E-state index in [1.54, 1.807) is 24.3 Å². The van der Waals surface area contributed by atoms with Crippen LogP contribution in [0.4, 0.5) is 0 Å². The molecule has 29 heavy (non-hydrogen) atoms. The van der Waals surface area contributed by atoms with Crippen LogP contribution in [-0.4, -0.2) is 47.7 Å². The topological polar surface area (TPSA) is 96.0 Å². The average molecular weight is 392 g/mol. The highest BCUT2D eigenvalue weighted by atomic mass is 16.5. The molecule has 0 aromatic heterocycles. The number of benzene rings is 2. The summed E-state index contributed by atoms with van der Waals surface area (Å²) in [5.74, 6) is 2.20. The van der Waals surface area contributed by atoms with Crippen LogP contribution >= 0.6 is 0 Å². The Bertz CT molecular complexity index is 936. The van der Waals surface area contributed by atoms with Crippen LogP contribution in [0.15, 0.2) is 48.4 Å². The summed E-state index contributed by atoms with van der Waals surface area (Å²) >= 11 is 0. The number of piperidine rings is 1. The lowest BCUT2D eigenvalue weighted by Crippen LogP contribution is -2.46. The Hall–Kier alpha value is -2.61. The van der Waals surface area contributed by atoms with Gasteiger partial charge in [0.05, 0.1) is 6.61 Å². The van der Waals surface area contributed by atoms with E-state index in [1.165, 1.54) is 11.5 Å². The van der Waals surface area contributed by atoms with E-state index in [2.05, 4.69) is 6.07 Å². The number of rotatable bonds is 4. The van der Waals surface area contributed by atoms with Crippen molar-refractivity contribution in [1.82, 2.24) is 4.90 Å². The standard InChI is InChI=1S/C22H25BN2O4/c24-14-17-4-5-20-19(13-17)22(15-29-20)7-10-25(11-8-22)21(26)18-3-1-2-16(12-18)6-9-23(27)28/h1-6,9,12-13,27-28H,7-8,10-11,14-15,24H2/b9-6+. The Balaban J connectivity index is 1.47. The molecule has 1 saturated heterocycles. The fourth-order valence-corrected chi connectivity index (χ4v) is 4.24. The van der Waals surface area contributed by atoms with Gasteiger partial charge in [-0.2, -0.15) is 0 Å². The number of carbonyl (C=O) groups excluding carboxylic acids is 1. The van der Waals surface area contributed by atoms with Gasteiger partial charge in [0.2, 0.25) is 0 Å². The zero-order chi connectivity index (χ0) is 20.4. The number of hydrogen-bond donors (Lipinski definition) is 3. The Labute approximate surface area is 170 Å². The maximum Gasteiger partial charge on any atom is 0.480 e. The zero-order valence-corrected chi connectivity index (χ0v) is 16.3. The van der Waals surface area contributed by atoms with Crippen LogP contribution in [0.25, 0.3) is 6.08 Å². The second-order valence-electron chi connectivity index (χ2n) is 7.79. The van der Waals surface area contributed by atoms with E-state index >= 15 is 0 Å². The van der Waals surface area contributed by atoms with Gasteiger partial charge in [-0.1, -0.05) is 36.3 Å². The summed E-state index contributed by atoms with van der Waals surface area (Å²) in [7, 11) is -1.51. The van der Waals surface area contributed by atoms with E-state index in [1.807, 2.05) is 23.1 Å². The lowest BCUT2D eigenvalue weighted by molar-refractivity contribution is 0.0646. The van der Waals surface area contributed by atoms with Crippen LogP contribution in [0.3, 0.4) is 0 Å². The van der Waals surface area contributed by atoms with Gasteiger partial charge in [0.1, 0.15) is 5.75 Å². The molecule has 0 atom stereocenters. The number of amides is 1. The van der Waals surface area contributed by atoms with E-state index in [-0.39, 0.29) is 11.3 Å². The van der Waals surface area contributed by atoms with Gasteiger partial charge >= 0.3 is 7.12 Å². The van der Waals surface area contributed by atoms with Gasteiger partial charge in [0.25, 0.3) is 5.91 Å². The van der Waals surface area contributed by atoms with Crippen molar-refractivity contribution in [3.05, 3.63) is 70.7 Å². The first-order valence-corrected chi connectivity index (χ1v) is 9.91. The van der Waals surface area contributed by atoms with Gasteiger partial charge in [-0.25, -0.2) is 0 Å². The van der Waals surface area contributed by atoms with Gasteiger partial charge in [-0.3, -0.25) is 4.79 Å². The molecule has 2 aromatic rings. The van der Waals surface area contributed by atoms with Crippen LogP contribution in [0, 0.1) is 0 Å². The summed E-state index contributed by atoms with van der Waals surface area (Å²) in [6.07, 6.45) is 3.31. The van der Waals surface area contributed by atoms with E-state index in [4.69, 9.17) is 20.5 Å². The number of likely N-dealkylation sites (tertiary alicyclic amines) is 1. The van der Waals surface area contributed by atoms with Crippen molar-refractivity contribution in [2.75, 3.05) is 19.7 Å². The largest absolute Gasteiger partial charge is 0.492 e. The Morgan fingerprint density at radius 3 is 2.72 bits per heavy atom. The molecule has 0 radical (unpaired) electrons. The van der Waals surface area contributed by atoms with Crippen molar-refractivity contribution < 1.29 is 19.6 Å². The molecule has 0 bridgehead atoms. The Kier molecular flexibility index (Phi) is 5.45. The lowest BCUT2D eigenvalue weighted by atomic mass is 9.74. The third-order valence-electron chi connectivity index (χ3n) is 5.96. The average Bonchev–Trinajstić information content (AvgIpc) is 3.10. The van der Waals surface area contributed by atoms with Crippen LogP contribution in [0.2, 0.25) is 0 Å². The zero-order valence-electron chi connectivity index (χ0n) is 16.3. The van der Waals surface area contributed by atoms with E-state index < -0.39 is 7.12 Å². The molecule has 2 aliphatic rings. The maximum atomic E-state index is 13.0. The second-order valence-corrected chi connectivity index (χ2v) is 7.79. The second kappa shape index (κ2) is 8.03. The first-order chi connectivity index (χ1) is 14.0. The molecule has 1 fully saturated rings. The minimum atomic E-state index is -1.51. The van der Waals surface area contributed by atoms with Crippen molar-refractivity contribution in [3.8, 4) is 5.75 Å². The summed E-state index contributed by atoms with van der Waals surface area (Å²) in [4.78, 5) is 14.9. The van der Waals surface area contributed by atoms with Crippen LogP contribution in [0.5, 0.6) is 5.75 Å². The molecule has 0 unspecified atom stereocenters. The number of fused-ring (bicyclic) bond motifs is 2. The summed E-state index contributed by atoms with van der Waals surface area (Å²) in [5, 5.41) is 18.0. The highest BCUT2D eigenvalue weighted by Gasteiger charge is 2.43. The molecule has 4 rings (SSSR count). The van der Waals surface area contributed by atoms with E-state index in [9.17, 15) is 4.79 Å². The predicted molar refractivity (Wildman–Crippen MR) is 112 cm³/mol. The molecule has 2 heterocycles. The molecule has 150 valence electrons. The highest BCUT2D eigenvalue weighted by molar-refractivity contribution is 6.48. The van der Waals surface area contributed by atoms with Crippen LogP contribution < -0.4 is 10.5 Å². The molecule has 2 aliphatic heterocycles. The molecule has 6 nitrogen and oxygen atoms in total. The fraction of sp³-hybridized carbons (Fsp3) is 0.318. The van der Waals surface area contributed by atoms with Gasteiger partial charge < -0.3 is 25.4 Å². The first-order valence-electron chi connectivity index (χ1n) is 9.91. The third-order valence-corrected chi connectivity index (χ3v) is 5.96. The van der Waals surface area contributed by atoms with Gasteiger partial charge in [-0.05, 0) is 42.2 Å². The SMILES string of the molecule is NCc1ccc2c(c1)C1(CCN(C(=O)c3cccc(/C=C/B(O)O)c3)CC1)CO2. The van der Waals surface area contributed by atoms with E-state index in [0.29, 0.717) is 31.8 Å². The molecular formula is C22H25BN2O4. The molecule has 7 heteroatoms. The number of ether oxygens (including phenoxy) is 1. The lowest BCUT2D eigenvalue weighted by Gasteiger charge is -2.38. The fourth-order valence-electron chi connectivity index (χ4n) is 4.24. The number of hydrogen-bond acceptors (Lipinski definition) is 5.